The molecule has 10 aromatic carbocycles. The molecule has 0 unspecified atom stereocenters. The highest BCUT2D eigenvalue weighted by molar-refractivity contribution is 6.14. The van der Waals surface area contributed by atoms with Crippen LogP contribution in [0, 0.1) is 58.2 Å². The molecule has 0 N–H and O–H groups in total. The lowest BCUT2D eigenvalue weighted by Gasteiger charge is -2.15. The molecular formula is C63H30F10N6. The summed E-state index contributed by atoms with van der Waals surface area (Å²) in [6.45, 7) is 0. The minimum absolute atomic E-state index is 0.210. The van der Waals surface area contributed by atoms with Crippen molar-refractivity contribution in [1.82, 2.24) is 28.7 Å². The van der Waals surface area contributed by atoms with Gasteiger partial charge in [0.05, 0.1) is 44.2 Å². The Morgan fingerprint density at radius 3 is 0.949 bits per heavy atom. The van der Waals surface area contributed by atoms with Gasteiger partial charge in [-0.3, -0.25) is 4.57 Å². The molecule has 0 atom stereocenters. The first kappa shape index (κ1) is 47.4. The molecule has 0 aliphatic heterocycles. The van der Waals surface area contributed by atoms with Crippen LogP contribution in [0.3, 0.4) is 0 Å². The molecular weight excluding hydrogens is 1030 g/mol. The number of rotatable bonds is 7. The van der Waals surface area contributed by atoms with E-state index in [0.29, 0.717) is 22.1 Å². The van der Waals surface area contributed by atoms with Crippen molar-refractivity contribution in [1.29, 1.82) is 0 Å². The summed E-state index contributed by atoms with van der Waals surface area (Å²) in [6, 6.07) is 57.6. The van der Waals surface area contributed by atoms with Crippen molar-refractivity contribution in [3.8, 4) is 62.4 Å². The largest absolute Gasteiger partial charge is 0.309 e. The third kappa shape index (κ3) is 7.10. The van der Waals surface area contributed by atoms with E-state index in [1.165, 1.54) is 4.57 Å². The molecule has 0 saturated carbocycles. The fourth-order valence-electron chi connectivity index (χ4n) is 10.9. The lowest BCUT2D eigenvalue weighted by molar-refractivity contribution is 0.380. The zero-order valence-electron chi connectivity index (χ0n) is 40.3. The van der Waals surface area contributed by atoms with Crippen LogP contribution in [0.25, 0.3) is 128 Å². The zero-order valence-corrected chi connectivity index (χ0v) is 40.3. The van der Waals surface area contributed by atoms with Crippen LogP contribution in [0.2, 0.25) is 0 Å². The van der Waals surface area contributed by atoms with Crippen LogP contribution in [0.1, 0.15) is 0 Å². The normalized spacial score (nSPS) is 11.9. The van der Waals surface area contributed by atoms with E-state index >= 15 is 35.1 Å². The third-order valence-corrected chi connectivity index (χ3v) is 14.5. The van der Waals surface area contributed by atoms with Gasteiger partial charge < -0.3 is 9.13 Å². The molecule has 14 rings (SSSR count). The van der Waals surface area contributed by atoms with E-state index < -0.39 is 86.9 Å². The minimum atomic E-state index is -2.54. The Kier molecular flexibility index (Phi) is 10.6. The van der Waals surface area contributed by atoms with Gasteiger partial charge in [-0.25, -0.2) is 48.9 Å². The maximum atomic E-state index is 16.0. The topological polar surface area (TPSA) is 53.5 Å². The maximum Gasteiger partial charge on any atom is 0.238 e. The second-order valence-electron chi connectivity index (χ2n) is 18.8. The van der Waals surface area contributed by atoms with Crippen LogP contribution >= 0.6 is 0 Å². The SMILES string of the molecule is Fc1c(F)c(F)c(-c2nc(-c3c(F)c(F)c(F)c(F)c3F)nc(-n3c4cc(-n5c6ccccc6c6ccc(-c7ccccc7)cc65)ccc4c4ccc(-n5c6ccccc6c6ccc(-c7ccccc7)cc65)cc43)n2)c(F)c1F. The second kappa shape index (κ2) is 17.7. The van der Waals surface area contributed by atoms with Crippen molar-refractivity contribution >= 4 is 65.4 Å². The summed E-state index contributed by atoms with van der Waals surface area (Å²) >= 11 is 0. The molecule has 14 aromatic rings. The lowest BCUT2D eigenvalue weighted by Crippen LogP contribution is -2.12. The highest BCUT2D eigenvalue weighted by Gasteiger charge is 2.33. The number of aromatic nitrogens is 6. The van der Waals surface area contributed by atoms with Gasteiger partial charge in [0.25, 0.3) is 0 Å². The molecule has 6 nitrogen and oxygen atoms in total. The standard InChI is InChI=1S/C63H30F10N6/c64-51-49(52(65)56(69)59(72)55(51)68)61-74-62(50-53(66)57(70)60(73)58(71)54(50)67)76-63(75-61)79-47-29-35(77-43-17-9-7-15-37(43)39-23-19-33(27-45(39)77)31-11-3-1-4-12-31)21-25-41(47)42-26-22-36(30-48(42)79)78-44-18-10-8-16-38(44)40-24-20-34(28-46(40)78)32-13-5-2-6-14-32/h1-30H. The second-order valence-corrected chi connectivity index (χ2v) is 18.8. The number of benzene rings is 10. The van der Waals surface area contributed by atoms with Crippen molar-refractivity contribution < 1.29 is 43.9 Å². The Balaban J connectivity index is 1.11. The summed E-state index contributed by atoms with van der Waals surface area (Å²) in [6.07, 6.45) is 0. The summed E-state index contributed by atoms with van der Waals surface area (Å²) < 4.78 is 159. The monoisotopic (exact) mass is 1060 g/mol. The van der Waals surface area contributed by atoms with E-state index in [1.54, 1.807) is 24.3 Å². The van der Waals surface area contributed by atoms with Crippen molar-refractivity contribution in [2.75, 3.05) is 0 Å². The molecule has 0 fully saturated rings. The number of nitrogens with zero attached hydrogens (tertiary/aromatic N) is 6. The Labute approximate surface area is 438 Å². The van der Waals surface area contributed by atoms with Crippen LogP contribution < -0.4 is 0 Å². The summed E-state index contributed by atoms with van der Waals surface area (Å²) in [5.74, 6) is -28.2. The Morgan fingerprint density at radius 2 is 0.557 bits per heavy atom. The number of para-hydroxylation sites is 2. The van der Waals surface area contributed by atoms with E-state index in [2.05, 4.69) is 15.0 Å². The first-order valence-electron chi connectivity index (χ1n) is 24.4. The van der Waals surface area contributed by atoms with Gasteiger partial charge in [-0.1, -0.05) is 133 Å². The highest BCUT2D eigenvalue weighted by atomic mass is 19.2. The number of fused-ring (bicyclic) bond motifs is 9. The Bertz CT molecular complexity index is 4560. The van der Waals surface area contributed by atoms with Gasteiger partial charge in [-0.2, -0.15) is 9.97 Å². The molecule has 0 radical (unpaired) electrons. The quantitative estimate of drug-likeness (QED) is 0.0908. The zero-order chi connectivity index (χ0) is 54.1. The highest BCUT2D eigenvalue weighted by Crippen LogP contribution is 2.42. The molecule has 0 amide bonds. The van der Waals surface area contributed by atoms with Crippen LogP contribution in [-0.4, -0.2) is 28.7 Å². The Morgan fingerprint density at radius 1 is 0.241 bits per heavy atom. The number of hydrogen-bond donors (Lipinski definition) is 0. The van der Waals surface area contributed by atoms with Gasteiger partial charge in [0.15, 0.2) is 58.2 Å². The summed E-state index contributed by atoms with van der Waals surface area (Å²) in [7, 11) is 0. The van der Waals surface area contributed by atoms with E-state index in [4.69, 9.17) is 0 Å². The van der Waals surface area contributed by atoms with E-state index in [-0.39, 0.29) is 11.0 Å². The molecule has 0 aliphatic carbocycles. The van der Waals surface area contributed by atoms with Crippen LogP contribution in [-0.2, 0) is 0 Å². The van der Waals surface area contributed by atoms with Gasteiger partial charge in [-0.05, 0) is 70.8 Å². The first-order valence-corrected chi connectivity index (χ1v) is 24.4. The molecule has 382 valence electrons. The average Bonchev–Trinajstić information content (AvgIpc) is 4.34. The number of hydrogen-bond acceptors (Lipinski definition) is 3. The molecule has 0 bridgehead atoms. The smallest absolute Gasteiger partial charge is 0.238 e. The van der Waals surface area contributed by atoms with Crippen molar-refractivity contribution in [2.45, 2.75) is 0 Å². The van der Waals surface area contributed by atoms with Gasteiger partial charge in [0.1, 0.15) is 0 Å². The van der Waals surface area contributed by atoms with Crippen LogP contribution in [0.5, 0.6) is 0 Å². The minimum Gasteiger partial charge on any atom is -0.309 e. The van der Waals surface area contributed by atoms with Crippen LogP contribution in [0.15, 0.2) is 182 Å². The van der Waals surface area contributed by atoms with Gasteiger partial charge in [0.2, 0.25) is 17.6 Å². The van der Waals surface area contributed by atoms with Crippen molar-refractivity contribution in [3.05, 3.63) is 240 Å². The fourth-order valence-corrected chi connectivity index (χ4v) is 10.9. The molecule has 4 aromatic heterocycles. The molecule has 0 spiro atoms. The summed E-state index contributed by atoms with van der Waals surface area (Å²) in [5, 5.41) is 4.50. The van der Waals surface area contributed by atoms with Gasteiger partial charge in [-0.15, -0.1) is 0 Å². The number of halogens is 10. The first-order chi connectivity index (χ1) is 38.4. The van der Waals surface area contributed by atoms with E-state index in [9.17, 15) is 8.78 Å². The van der Waals surface area contributed by atoms with Crippen molar-refractivity contribution in [2.24, 2.45) is 0 Å². The summed E-state index contributed by atoms with van der Waals surface area (Å²) in [4.78, 5) is 12.3. The molecule has 4 heterocycles. The molecule has 0 aliphatic rings. The van der Waals surface area contributed by atoms with Gasteiger partial charge >= 0.3 is 0 Å². The van der Waals surface area contributed by atoms with E-state index in [0.717, 1.165) is 65.9 Å². The van der Waals surface area contributed by atoms with E-state index in [1.807, 2.05) is 167 Å². The fraction of sp³-hybridized carbons (Fsp3) is 0. The third-order valence-electron chi connectivity index (χ3n) is 14.5. The molecule has 0 saturated heterocycles. The summed E-state index contributed by atoms with van der Waals surface area (Å²) in [5.41, 5.74) is 4.69. The predicted octanol–water partition coefficient (Wildman–Crippen LogP) is 17.2. The van der Waals surface area contributed by atoms with Crippen LogP contribution in [0.4, 0.5) is 43.9 Å². The average molecular weight is 1060 g/mol. The van der Waals surface area contributed by atoms with Crippen molar-refractivity contribution in [3.63, 3.8) is 0 Å². The Hall–Kier alpha value is -10.1. The maximum absolute atomic E-state index is 16.0. The molecule has 79 heavy (non-hydrogen) atoms. The lowest BCUT2D eigenvalue weighted by atomic mass is 10.0. The van der Waals surface area contributed by atoms with Gasteiger partial charge in [0, 0.05) is 43.7 Å². The molecule has 16 heteroatoms. The predicted molar refractivity (Wildman–Crippen MR) is 284 cm³/mol.